The van der Waals surface area contributed by atoms with Crippen molar-refractivity contribution in [3.8, 4) is 0 Å². The second-order valence-electron chi connectivity index (χ2n) is 8.75. The van der Waals surface area contributed by atoms with Crippen LogP contribution in [0.3, 0.4) is 0 Å². The molecule has 2 aromatic rings. The Morgan fingerprint density at radius 1 is 1.00 bits per heavy atom. The summed E-state index contributed by atoms with van der Waals surface area (Å²) in [6, 6.07) is 12.0. The average molecular weight is 435 g/mol. The number of hydrogen-bond donors (Lipinski definition) is 1. The summed E-state index contributed by atoms with van der Waals surface area (Å²) in [5, 5.41) is 3.00. The smallest absolute Gasteiger partial charge is 0.330 e. The van der Waals surface area contributed by atoms with Gasteiger partial charge in [-0.1, -0.05) is 30.3 Å². The van der Waals surface area contributed by atoms with Crippen molar-refractivity contribution in [3.05, 3.63) is 65.5 Å². The highest BCUT2D eigenvalue weighted by Gasteiger charge is 2.50. The zero-order valence-electron chi connectivity index (χ0n) is 17.5. The summed E-state index contributed by atoms with van der Waals surface area (Å²) in [5.41, 5.74) is -0.677. The monoisotopic (exact) mass is 435 g/mol. The topological polar surface area (TPSA) is 35.6 Å². The molecule has 1 saturated heterocycles. The predicted octanol–water partition coefficient (Wildman–Crippen LogP) is 5.14. The summed E-state index contributed by atoms with van der Waals surface area (Å²) in [5.74, 6) is -1.05. The maximum absolute atomic E-state index is 14.5. The quantitative estimate of drug-likeness (QED) is 0.678. The molecule has 1 aliphatic heterocycles. The molecule has 2 fully saturated rings. The fourth-order valence-corrected chi connectivity index (χ4v) is 4.97. The largest absolute Gasteiger partial charge is 0.416 e. The Kier molecular flexibility index (Phi) is 5.24. The first-order chi connectivity index (χ1) is 14.6. The molecule has 4 nitrogen and oxygen atoms in total. The molecule has 2 aliphatic rings. The molecule has 8 heteroatoms. The number of alkyl halides is 3. The lowest BCUT2D eigenvalue weighted by molar-refractivity contribution is -0.137. The fraction of sp³-hybridized carbons (Fsp3) is 0.435. The number of urea groups is 1. The number of nitrogens with zero attached hydrogens (tertiary/aromatic N) is 2. The molecule has 0 radical (unpaired) electrons. The van der Waals surface area contributed by atoms with Crippen molar-refractivity contribution >= 4 is 11.7 Å². The normalized spacial score (nSPS) is 26.5. The molecule has 1 aliphatic carbocycles. The van der Waals surface area contributed by atoms with E-state index in [9.17, 15) is 22.4 Å². The molecule has 0 unspecified atom stereocenters. The summed E-state index contributed by atoms with van der Waals surface area (Å²) >= 11 is 0. The van der Waals surface area contributed by atoms with Crippen LogP contribution in [-0.2, 0) is 11.7 Å². The van der Waals surface area contributed by atoms with Gasteiger partial charge < -0.3 is 5.32 Å². The third-order valence-electron chi connectivity index (χ3n) is 6.85. The van der Waals surface area contributed by atoms with Gasteiger partial charge in [0.1, 0.15) is 5.82 Å². The van der Waals surface area contributed by atoms with Gasteiger partial charge in [0.15, 0.2) is 0 Å². The highest BCUT2D eigenvalue weighted by Crippen LogP contribution is 2.46. The Bertz CT molecular complexity index is 967. The van der Waals surface area contributed by atoms with Crippen molar-refractivity contribution in [2.24, 2.45) is 0 Å². The molecule has 1 spiro atoms. The lowest BCUT2D eigenvalue weighted by atomic mass is 9.69. The molecule has 1 heterocycles. The molecule has 4 rings (SSSR count). The molecule has 166 valence electrons. The van der Waals surface area contributed by atoms with Crippen LogP contribution in [0.4, 0.5) is 28.0 Å². The summed E-state index contributed by atoms with van der Waals surface area (Å²) in [4.78, 5) is 16.1. The summed E-state index contributed by atoms with van der Waals surface area (Å²) < 4.78 is 53.0. The number of rotatable bonds is 3. The molecule has 0 atom stereocenters. The number of benzene rings is 2. The van der Waals surface area contributed by atoms with Gasteiger partial charge in [-0.25, -0.2) is 9.18 Å². The van der Waals surface area contributed by atoms with E-state index < -0.39 is 29.1 Å². The van der Waals surface area contributed by atoms with Crippen LogP contribution >= 0.6 is 0 Å². The molecule has 0 aromatic heterocycles. The van der Waals surface area contributed by atoms with E-state index >= 15 is 0 Å². The number of amides is 2. The van der Waals surface area contributed by atoms with E-state index in [0.29, 0.717) is 18.9 Å². The predicted molar refractivity (Wildman–Crippen MR) is 110 cm³/mol. The highest BCUT2D eigenvalue weighted by atomic mass is 19.4. The van der Waals surface area contributed by atoms with E-state index in [1.165, 1.54) is 10.5 Å². The van der Waals surface area contributed by atoms with Crippen LogP contribution in [0.1, 0.15) is 36.8 Å². The second kappa shape index (κ2) is 7.51. The van der Waals surface area contributed by atoms with Gasteiger partial charge in [-0.05, 0) is 63.5 Å². The van der Waals surface area contributed by atoms with Gasteiger partial charge in [0.2, 0.25) is 0 Å². The number of carbonyl (C=O) groups excluding carboxylic acids is 1. The minimum absolute atomic E-state index is 0.130. The third kappa shape index (κ3) is 3.78. The van der Waals surface area contributed by atoms with Crippen LogP contribution in [0.2, 0.25) is 0 Å². The van der Waals surface area contributed by atoms with Crippen molar-refractivity contribution in [1.29, 1.82) is 0 Å². The first-order valence-corrected chi connectivity index (χ1v) is 10.3. The Labute approximate surface area is 178 Å². The molecule has 2 aromatic carbocycles. The first-order valence-electron chi connectivity index (χ1n) is 10.3. The van der Waals surface area contributed by atoms with E-state index in [-0.39, 0.29) is 17.8 Å². The number of hydrogen-bond acceptors (Lipinski definition) is 2. The van der Waals surface area contributed by atoms with E-state index in [0.717, 1.165) is 25.0 Å². The molecule has 2 amide bonds. The summed E-state index contributed by atoms with van der Waals surface area (Å²) in [6.45, 7) is 0.229. The molecule has 1 N–H and O–H groups in total. The van der Waals surface area contributed by atoms with Crippen molar-refractivity contribution in [2.45, 2.75) is 42.9 Å². The summed E-state index contributed by atoms with van der Waals surface area (Å²) in [7, 11) is 4.09. The van der Waals surface area contributed by atoms with Crippen molar-refractivity contribution in [3.63, 3.8) is 0 Å². The zero-order valence-corrected chi connectivity index (χ0v) is 17.5. The maximum Gasteiger partial charge on any atom is 0.416 e. The van der Waals surface area contributed by atoms with Gasteiger partial charge in [0.25, 0.3) is 0 Å². The lowest BCUT2D eigenvalue weighted by Gasteiger charge is -2.48. The molecular weight excluding hydrogens is 410 g/mol. The van der Waals surface area contributed by atoms with E-state index in [2.05, 4.69) is 22.3 Å². The van der Waals surface area contributed by atoms with Crippen molar-refractivity contribution in [1.82, 2.24) is 10.2 Å². The minimum Gasteiger partial charge on any atom is -0.330 e. The molecule has 0 bridgehead atoms. The van der Waals surface area contributed by atoms with Crippen LogP contribution in [-0.4, -0.2) is 37.1 Å². The van der Waals surface area contributed by atoms with E-state index in [1.54, 1.807) is 0 Å². The van der Waals surface area contributed by atoms with Crippen molar-refractivity contribution < 1.29 is 22.4 Å². The first kappa shape index (κ1) is 21.6. The molecule has 1 saturated carbocycles. The standard InChI is InChI=1S/C23H25F4N3O/c1-29(2)22(16-6-4-3-5-7-16)12-10-21(11-13-22)15-30(20(31)28-21)19-9-8-17(14-18(19)24)23(25,26)27/h3-9,14H,10-13,15H2,1-2H3,(H,28,31). The minimum atomic E-state index is -4.63. The van der Waals surface area contributed by atoms with Crippen LogP contribution in [0.25, 0.3) is 0 Å². The zero-order chi connectivity index (χ0) is 22.4. The van der Waals surface area contributed by atoms with Gasteiger partial charge in [0.05, 0.1) is 23.3 Å². The summed E-state index contributed by atoms with van der Waals surface area (Å²) in [6.07, 6.45) is -1.67. The van der Waals surface area contributed by atoms with E-state index in [4.69, 9.17) is 0 Å². The van der Waals surface area contributed by atoms with E-state index in [1.807, 2.05) is 32.3 Å². The van der Waals surface area contributed by atoms with Gasteiger partial charge in [0, 0.05) is 5.54 Å². The molecular formula is C23H25F4N3O. The Morgan fingerprint density at radius 2 is 1.65 bits per heavy atom. The van der Waals surface area contributed by atoms with Crippen LogP contribution in [0.15, 0.2) is 48.5 Å². The number of nitrogens with one attached hydrogen (secondary N) is 1. The lowest BCUT2D eigenvalue weighted by Crippen LogP contribution is -2.54. The SMILES string of the molecule is CN(C)C1(c2ccccc2)CCC2(CC1)CN(c1ccc(C(F)(F)F)cc1F)C(=O)N2. The van der Waals surface area contributed by atoms with Gasteiger partial charge in [-0.2, -0.15) is 13.2 Å². The van der Waals surface area contributed by atoms with Gasteiger partial charge in [-0.3, -0.25) is 9.80 Å². The van der Waals surface area contributed by atoms with Crippen molar-refractivity contribution in [2.75, 3.05) is 25.5 Å². The highest BCUT2D eigenvalue weighted by molar-refractivity contribution is 5.95. The van der Waals surface area contributed by atoms with Crippen LogP contribution in [0.5, 0.6) is 0 Å². The average Bonchev–Trinajstić information content (AvgIpc) is 3.04. The third-order valence-corrected chi connectivity index (χ3v) is 6.85. The number of halogens is 4. The fourth-order valence-electron chi connectivity index (χ4n) is 4.97. The maximum atomic E-state index is 14.5. The van der Waals surface area contributed by atoms with Gasteiger partial charge >= 0.3 is 12.2 Å². The van der Waals surface area contributed by atoms with Crippen LogP contribution in [0, 0.1) is 5.82 Å². The number of carbonyl (C=O) groups is 1. The Balaban J connectivity index is 1.55. The number of anilines is 1. The van der Waals surface area contributed by atoms with Crippen LogP contribution < -0.4 is 10.2 Å². The Hall–Kier alpha value is -2.61. The second-order valence-corrected chi connectivity index (χ2v) is 8.75. The van der Waals surface area contributed by atoms with Gasteiger partial charge in [-0.15, -0.1) is 0 Å². The Morgan fingerprint density at radius 3 is 2.19 bits per heavy atom. The molecule has 31 heavy (non-hydrogen) atoms.